The predicted molar refractivity (Wildman–Crippen MR) is 124 cm³/mol. The topological polar surface area (TPSA) is 101 Å². The highest BCUT2D eigenvalue weighted by atomic mass is 16.5. The van der Waals surface area contributed by atoms with E-state index in [0.717, 1.165) is 18.2 Å². The summed E-state index contributed by atoms with van der Waals surface area (Å²) in [6.45, 7) is 3.83. The molecule has 1 aliphatic heterocycles. The first-order valence-electron chi connectivity index (χ1n) is 11.1. The third kappa shape index (κ3) is 5.34. The molecule has 1 aliphatic rings. The molecule has 8 nitrogen and oxygen atoms in total. The molecular formula is C25H27N3O5. The molecule has 8 heteroatoms. The van der Waals surface area contributed by atoms with Gasteiger partial charge >= 0.3 is 11.8 Å². The summed E-state index contributed by atoms with van der Waals surface area (Å²) in [5.41, 5.74) is 1.15. The molecule has 2 aromatic carbocycles. The molecule has 4 rings (SSSR count). The number of amides is 3. The van der Waals surface area contributed by atoms with Crippen LogP contribution in [0.15, 0.2) is 59.0 Å². The Balaban J connectivity index is 1.24. The van der Waals surface area contributed by atoms with Crippen molar-refractivity contribution >= 4 is 34.4 Å². The van der Waals surface area contributed by atoms with Gasteiger partial charge in [0, 0.05) is 25.0 Å². The van der Waals surface area contributed by atoms with Crippen LogP contribution in [0.1, 0.15) is 30.3 Å². The maximum atomic E-state index is 12.8. The van der Waals surface area contributed by atoms with Crippen LogP contribution in [0, 0.1) is 5.92 Å². The fourth-order valence-corrected chi connectivity index (χ4v) is 3.93. The molecule has 0 radical (unpaired) electrons. The molecular weight excluding hydrogens is 422 g/mol. The van der Waals surface area contributed by atoms with Crippen molar-refractivity contribution in [1.29, 1.82) is 0 Å². The minimum atomic E-state index is -0.736. The van der Waals surface area contributed by atoms with Gasteiger partial charge < -0.3 is 24.7 Å². The Kier molecular flexibility index (Phi) is 6.92. The highest BCUT2D eigenvalue weighted by molar-refractivity contribution is 6.39. The molecule has 0 atom stereocenters. The van der Waals surface area contributed by atoms with Crippen molar-refractivity contribution in [3.63, 3.8) is 0 Å². The Morgan fingerprint density at radius 1 is 1.03 bits per heavy atom. The van der Waals surface area contributed by atoms with E-state index in [1.807, 2.05) is 31.2 Å². The number of carbonyl (C=O) groups excluding carboxylic acids is 3. The molecule has 33 heavy (non-hydrogen) atoms. The number of anilines is 1. The van der Waals surface area contributed by atoms with Crippen molar-refractivity contribution in [2.45, 2.75) is 19.8 Å². The number of nitrogens with zero attached hydrogens (tertiary/aromatic N) is 1. The normalized spacial score (nSPS) is 14.2. The number of benzene rings is 2. The number of para-hydroxylation sites is 3. The van der Waals surface area contributed by atoms with Gasteiger partial charge in [0.2, 0.25) is 0 Å². The number of fused-ring (bicyclic) bond motifs is 1. The van der Waals surface area contributed by atoms with Crippen molar-refractivity contribution in [3.05, 3.63) is 60.4 Å². The zero-order valence-electron chi connectivity index (χ0n) is 18.5. The van der Waals surface area contributed by atoms with E-state index >= 15 is 0 Å². The lowest BCUT2D eigenvalue weighted by Crippen LogP contribution is -2.43. The van der Waals surface area contributed by atoms with Crippen LogP contribution < -0.4 is 15.4 Å². The molecule has 2 N–H and O–H groups in total. The van der Waals surface area contributed by atoms with Gasteiger partial charge in [0.25, 0.3) is 5.91 Å². The Morgan fingerprint density at radius 2 is 1.76 bits per heavy atom. The first-order valence-corrected chi connectivity index (χ1v) is 11.1. The van der Waals surface area contributed by atoms with E-state index in [0.29, 0.717) is 49.0 Å². The summed E-state index contributed by atoms with van der Waals surface area (Å²) in [5, 5.41) is 6.20. The van der Waals surface area contributed by atoms with Crippen molar-refractivity contribution in [2.24, 2.45) is 5.92 Å². The molecule has 0 spiro atoms. The molecule has 3 amide bonds. The average Bonchev–Trinajstić information content (AvgIpc) is 3.28. The van der Waals surface area contributed by atoms with E-state index in [-0.39, 0.29) is 11.8 Å². The number of nitrogens with one attached hydrogen (secondary N) is 2. The van der Waals surface area contributed by atoms with Gasteiger partial charge in [-0.25, -0.2) is 0 Å². The summed E-state index contributed by atoms with van der Waals surface area (Å²) >= 11 is 0. The molecule has 0 aliphatic carbocycles. The van der Waals surface area contributed by atoms with Gasteiger partial charge in [0.15, 0.2) is 5.76 Å². The standard InChI is InChI=1S/C25H27N3O5/c1-2-32-21-10-6-4-8-19(21)27-24(30)23(29)26-16-17-11-13-28(14-12-17)25(31)22-15-18-7-3-5-9-20(18)33-22/h3-10,15,17H,2,11-14,16H2,1H3,(H,26,29)(H,27,30). The van der Waals surface area contributed by atoms with Crippen molar-refractivity contribution in [3.8, 4) is 5.75 Å². The smallest absolute Gasteiger partial charge is 0.313 e. The van der Waals surface area contributed by atoms with Crippen molar-refractivity contribution in [1.82, 2.24) is 10.2 Å². The summed E-state index contributed by atoms with van der Waals surface area (Å²) < 4.78 is 11.2. The quantitative estimate of drug-likeness (QED) is 0.562. The van der Waals surface area contributed by atoms with Gasteiger partial charge in [-0.3, -0.25) is 14.4 Å². The maximum Gasteiger partial charge on any atom is 0.313 e. The SMILES string of the molecule is CCOc1ccccc1NC(=O)C(=O)NCC1CCN(C(=O)c2cc3ccccc3o2)CC1. The fraction of sp³-hybridized carbons (Fsp3) is 0.320. The molecule has 0 bridgehead atoms. The fourth-order valence-electron chi connectivity index (χ4n) is 3.93. The zero-order valence-corrected chi connectivity index (χ0v) is 18.5. The number of hydrogen-bond acceptors (Lipinski definition) is 5. The first kappa shape index (κ1) is 22.4. The first-order chi connectivity index (χ1) is 16.0. The van der Waals surface area contributed by atoms with E-state index < -0.39 is 11.8 Å². The molecule has 1 aromatic heterocycles. The van der Waals surface area contributed by atoms with Gasteiger partial charge in [0.1, 0.15) is 11.3 Å². The van der Waals surface area contributed by atoms with Crippen LogP contribution in [0.2, 0.25) is 0 Å². The Bertz CT molecular complexity index is 1110. The van der Waals surface area contributed by atoms with Crippen LogP contribution in [-0.4, -0.2) is 48.9 Å². The number of likely N-dealkylation sites (tertiary alicyclic amines) is 1. The van der Waals surface area contributed by atoms with Crippen LogP contribution in [0.25, 0.3) is 11.0 Å². The number of piperidine rings is 1. The van der Waals surface area contributed by atoms with Gasteiger partial charge in [-0.15, -0.1) is 0 Å². The van der Waals surface area contributed by atoms with Gasteiger partial charge in [0.05, 0.1) is 12.3 Å². The highest BCUT2D eigenvalue weighted by Gasteiger charge is 2.26. The highest BCUT2D eigenvalue weighted by Crippen LogP contribution is 2.24. The van der Waals surface area contributed by atoms with Crippen molar-refractivity contribution < 1.29 is 23.5 Å². The summed E-state index contributed by atoms with van der Waals surface area (Å²) in [5.74, 6) is -0.505. The van der Waals surface area contributed by atoms with Gasteiger partial charge in [-0.2, -0.15) is 0 Å². The third-order valence-corrected chi connectivity index (χ3v) is 5.73. The maximum absolute atomic E-state index is 12.8. The number of furan rings is 1. The summed E-state index contributed by atoms with van der Waals surface area (Å²) in [4.78, 5) is 39.1. The van der Waals surface area contributed by atoms with Crippen LogP contribution in [0.3, 0.4) is 0 Å². The molecule has 3 aromatic rings. The zero-order chi connectivity index (χ0) is 23.2. The average molecular weight is 450 g/mol. The molecule has 0 unspecified atom stereocenters. The van der Waals surface area contributed by atoms with E-state index in [1.54, 1.807) is 35.2 Å². The molecule has 0 saturated carbocycles. The van der Waals surface area contributed by atoms with Crippen molar-refractivity contribution in [2.75, 3.05) is 31.6 Å². The largest absolute Gasteiger partial charge is 0.492 e. The number of carbonyl (C=O) groups is 3. The second kappa shape index (κ2) is 10.2. The van der Waals surface area contributed by atoms with E-state index in [9.17, 15) is 14.4 Å². The lowest BCUT2D eigenvalue weighted by molar-refractivity contribution is -0.136. The number of rotatable bonds is 6. The molecule has 1 fully saturated rings. The summed E-state index contributed by atoms with van der Waals surface area (Å²) in [7, 11) is 0. The number of ether oxygens (including phenoxy) is 1. The summed E-state index contributed by atoms with van der Waals surface area (Å²) in [6.07, 6.45) is 1.47. The minimum Gasteiger partial charge on any atom is -0.492 e. The monoisotopic (exact) mass is 449 g/mol. The Hall–Kier alpha value is -3.81. The van der Waals surface area contributed by atoms with Crippen LogP contribution in [0.5, 0.6) is 5.75 Å². The predicted octanol–water partition coefficient (Wildman–Crippen LogP) is 3.44. The van der Waals surface area contributed by atoms with Crippen LogP contribution in [0.4, 0.5) is 5.69 Å². The molecule has 1 saturated heterocycles. The van der Waals surface area contributed by atoms with E-state index in [4.69, 9.17) is 9.15 Å². The van der Waals surface area contributed by atoms with E-state index in [2.05, 4.69) is 10.6 Å². The molecule has 2 heterocycles. The number of hydrogen-bond donors (Lipinski definition) is 2. The lowest BCUT2D eigenvalue weighted by atomic mass is 9.96. The van der Waals surface area contributed by atoms with Crippen LogP contribution in [-0.2, 0) is 9.59 Å². The second-order valence-corrected chi connectivity index (χ2v) is 7.98. The van der Waals surface area contributed by atoms with E-state index in [1.165, 1.54) is 0 Å². The Labute approximate surface area is 191 Å². The minimum absolute atomic E-state index is 0.124. The Morgan fingerprint density at radius 3 is 2.52 bits per heavy atom. The van der Waals surface area contributed by atoms with Gasteiger partial charge in [-0.1, -0.05) is 30.3 Å². The third-order valence-electron chi connectivity index (χ3n) is 5.73. The van der Waals surface area contributed by atoms with Crippen LogP contribution >= 0.6 is 0 Å². The second-order valence-electron chi connectivity index (χ2n) is 7.98. The summed E-state index contributed by atoms with van der Waals surface area (Å²) in [6, 6.07) is 16.3. The molecule has 172 valence electrons. The van der Waals surface area contributed by atoms with Gasteiger partial charge in [-0.05, 0) is 49.9 Å². The lowest BCUT2D eigenvalue weighted by Gasteiger charge is -2.31.